The molecule has 0 radical (unpaired) electrons. The molecule has 1 atom stereocenters. The van der Waals surface area contributed by atoms with Crippen LogP contribution in [0, 0.1) is 5.92 Å². The van der Waals surface area contributed by atoms with E-state index >= 15 is 0 Å². The first-order chi connectivity index (χ1) is 14.6. The van der Waals surface area contributed by atoms with Crippen molar-refractivity contribution in [3.8, 4) is 0 Å². The first kappa shape index (κ1) is 24.8. The number of nitrogens with zero attached hydrogens (tertiary/aromatic N) is 2. The van der Waals surface area contributed by atoms with Crippen molar-refractivity contribution in [1.82, 2.24) is 14.6 Å². The molecule has 2 amide bonds. The summed E-state index contributed by atoms with van der Waals surface area (Å²) in [6, 6.07) is 8.08. The number of carbonyl (C=O) groups is 2. The largest absolute Gasteiger partial charge is 0.340 e. The second-order valence-electron chi connectivity index (χ2n) is 7.16. The van der Waals surface area contributed by atoms with Crippen LogP contribution in [0.2, 0.25) is 5.02 Å². The Balaban J connectivity index is 2.21. The highest BCUT2D eigenvalue weighted by Crippen LogP contribution is 2.18. The van der Waals surface area contributed by atoms with E-state index in [9.17, 15) is 18.0 Å². The number of carbonyl (C=O) groups excluding carboxylic acids is 2. The molecule has 0 aliphatic heterocycles. The highest BCUT2D eigenvalue weighted by atomic mass is 35.5. The Bertz CT molecular complexity index is 1020. The maximum absolute atomic E-state index is 12.8. The molecule has 1 aromatic carbocycles. The van der Waals surface area contributed by atoms with Crippen molar-refractivity contribution in [2.75, 3.05) is 18.4 Å². The average molecular weight is 467 g/mol. The number of benzene rings is 1. The zero-order valence-electron chi connectivity index (χ0n) is 17.9. The van der Waals surface area contributed by atoms with Crippen LogP contribution in [0.15, 0.2) is 47.5 Å². The van der Waals surface area contributed by atoms with Gasteiger partial charge in [0, 0.05) is 24.8 Å². The molecule has 0 aliphatic rings. The summed E-state index contributed by atoms with van der Waals surface area (Å²) in [4.78, 5) is 29.6. The quantitative estimate of drug-likeness (QED) is 0.590. The van der Waals surface area contributed by atoms with Crippen LogP contribution in [0.4, 0.5) is 5.82 Å². The minimum Gasteiger partial charge on any atom is -0.340 e. The van der Waals surface area contributed by atoms with E-state index < -0.39 is 27.9 Å². The SMILES string of the molecule is CCN(CC)S(=O)(=O)c1cccc(C(=O)NC(C(=O)Nc2ccc(Cl)cn2)C(C)C)c1. The van der Waals surface area contributed by atoms with Crippen molar-refractivity contribution in [3.05, 3.63) is 53.2 Å². The molecule has 0 spiro atoms. The number of anilines is 1. The molecule has 0 saturated heterocycles. The number of rotatable bonds is 9. The molecule has 168 valence electrons. The lowest BCUT2D eigenvalue weighted by atomic mass is 10.0. The normalized spacial score (nSPS) is 12.6. The van der Waals surface area contributed by atoms with Crippen LogP contribution in [0.1, 0.15) is 38.1 Å². The van der Waals surface area contributed by atoms with Crippen LogP contribution in [0.5, 0.6) is 0 Å². The molecule has 2 N–H and O–H groups in total. The summed E-state index contributed by atoms with van der Waals surface area (Å²) in [7, 11) is -3.71. The highest BCUT2D eigenvalue weighted by Gasteiger charge is 2.27. The van der Waals surface area contributed by atoms with E-state index in [2.05, 4.69) is 15.6 Å². The zero-order valence-corrected chi connectivity index (χ0v) is 19.5. The van der Waals surface area contributed by atoms with Gasteiger partial charge in [-0.1, -0.05) is 45.4 Å². The van der Waals surface area contributed by atoms with Gasteiger partial charge in [-0.15, -0.1) is 0 Å². The van der Waals surface area contributed by atoms with Gasteiger partial charge < -0.3 is 10.6 Å². The van der Waals surface area contributed by atoms with Gasteiger partial charge in [0.05, 0.1) is 9.92 Å². The number of aromatic nitrogens is 1. The summed E-state index contributed by atoms with van der Waals surface area (Å²) >= 11 is 5.80. The van der Waals surface area contributed by atoms with Crippen molar-refractivity contribution >= 4 is 39.3 Å². The summed E-state index contributed by atoms with van der Waals surface area (Å²) in [5, 5.41) is 5.77. The minimum atomic E-state index is -3.71. The van der Waals surface area contributed by atoms with E-state index in [0.29, 0.717) is 23.9 Å². The van der Waals surface area contributed by atoms with Crippen molar-refractivity contribution in [2.24, 2.45) is 5.92 Å². The molecular weight excluding hydrogens is 440 g/mol. The Morgan fingerprint density at radius 3 is 2.35 bits per heavy atom. The number of amides is 2. The van der Waals surface area contributed by atoms with Crippen molar-refractivity contribution in [2.45, 2.75) is 38.6 Å². The van der Waals surface area contributed by atoms with Crippen molar-refractivity contribution < 1.29 is 18.0 Å². The molecule has 0 fully saturated rings. The van der Waals surface area contributed by atoms with Gasteiger partial charge in [-0.2, -0.15) is 4.31 Å². The van der Waals surface area contributed by atoms with Gasteiger partial charge in [-0.3, -0.25) is 9.59 Å². The number of sulfonamides is 1. The van der Waals surface area contributed by atoms with E-state index in [1.807, 2.05) is 0 Å². The Morgan fingerprint density at radius 2 is 1.81 bits per heavy atom. The second kappa shape index (κ2) is 10.7. The summed E-state index contributed by atoms with van der Waals surface area (Å²) in [5.41, 5.74) is 0.149. The first-order valence-corrected chi connectivity index (χ1v) is 11.7. The van der Waals surface area contributed by atoms with Gasteiger partial charge in [-0.25, -0.2) is 13.4 Å². The Labute approximate surface area is 188 Å². The van der Waals surface area contributed by atoms with E-state index in [1.165, 1.54) is 34.8 Å². The van der Waals surface area contributed by atoms with Crippen LogP contribution in [-0.2, 0) is 14.8 Å². The van der Waals surface area contributed by atoms with E-state index in [1.54, 1.807) is 39.8 Å². The minimum absolute atomic E-state index is 0.0276. The first-order valence-electron chi connectivity index (χ1n) is 9.93. The Kier molecular flexibility index (Phi) is 8.55. The second-order valence-corrected chi connectivity index (χ2v) is 9.54. The lowest BCUT2D eigenvalue weighted by Crippen LogP contribution is -2.47. The van der Waals surface area contributed by atoms with Gasteiger partial charge >= 0.3 is 0 Å². The third-order valence-corrected chi connectivity index (χ3v) is 6.92. The van der Waals surface area contributed by atoms with Crippen LogP contribution < -0.4 is 10.6 Å². The number of hydrogen-bond donors (Lipinski definition) is 2. The third kappa shape index (κ3) is 6.25. The lowest BCUT2D eigenvalue weighted by Gasteiger charge is -2.22. The summed E-state index contributed by atoms with van der Waals surface area (Å²) in [6.07, 6.45) is 1.40. The van der Waals surface area contributed by atoms with Crippen LogP contribution in [-0.4, -0.2) is 48.7 Å². The van der Waals surface area contributed by atoms with Crippen molar-refractivity contribution in [3.63, 3.8) is 0 Å². The molecule has 1 unspecified atom stereocenters. The smallest absolute Gasteiger partial charge is 0.251 e. The van der Waals surface area contributed by atoms with Gasteiger partial charge in [-0.05, 0) is 36.2 Å². The lowest BCUT2D eigenvalue weighted by molar-refractivity contribution is -0.118. The molecule has 10 heteroatoms. The van der Waals surface area contributed by atoms with Gasteiger partial charge in [0.2, 0.25) is 15.9 Å². The third-order valence-electron chi connectivity index (χ3n) is 4.65. The van der Waals surface area contributed by atoms with Gasteiger partial charge in [0.15, 0.2) is 0 Å². The van der Waals surface area contributed by atoms with Gasteiger partial charge in [0.1, 0.15) is 11.9 Å². The zero-order chi connectivity index (χ0) is 23.2. The fraction of sp³-hybridized carbons (Fsp3) is 0.381. The predicted octanol–water partition coefficient (Wildman–Crippen LogP) is 3.16. The number of nitrogens with one attached hydrogen (secondary N) is 2. The molecule has 2 aromatic rings. The maximum Gasteiger partial charge on any atom is 0.251 e. The Hall–Kier alpha value is -2.49. The predicted molar refractivity (Wildman–Crippen MR) is 121 cm³/mol. The standard InChI is InChI=1S/C21H27ClN4O4S/c1-5-26(6-2)31(29,30)17-9-7-8-15(12-17)20(27)25-19(14(3)4)21(28)24-18-11-10-16(22)13-23-18/h7-14,19H,5-6H2,1-4H3,(H,25,27)(H,23,24,28). The Morgan fingerprint density at radius 1 is 1.13 bits per heavy atom. The van der Waals surface area contributed by atoms with Crippen molar-refractivity contribution in [1.29, 1.82) is 0 Å². The molecule has 0 saturated carbocycles. The van der Waals surface area contributed by atoms with Crippen LogP contribution in [0.25, 0.3) is 0 Å². The molecule has 2 rings (SSSR count). The molecule has 0 bridgehead atoms. The fourth-order valence-corrected chi connectivity index (χ4v) is 4.54. The summed E-state index contributed by atoms with van der Waals surface area (Å²) in [5.74, 6) is -0.903. The molecule has 1 aromatic heterocycles. The number of halogens is 1. The van der Waals surface area contributed by atoms with Gasteiger partial charge in [0.25, 0.3) is 5.91 Å². The maximum atomic E-state index is 12.8. The highest BCUT2D eigenvalue weighted by molar-refractivity contribution is 7.89. The number of pyridine rings is 1. The van der Waals surface area contributed by atoms with E-state index in [4.69, 9.17) is 11.6 Å². The molecule has 8 nitrogen and oxygen atoms in total. The fourth-order valence-electron chi connectivity index (χ4n) is 2.92. The monoisotopic (exact) mass is 466 g/mol. The topological polar surface area (TPSA) is 108 Å². The number of hydrogen-bond acceptors (Lipinski definition) is 5. The molecular formula is C21H27ClN4O4S. The molecule has 1 heterocycles. The summed E-state index contributed by atoms with van der Waals surface area (Å²) in [6.45, 7) is 7.73. The average Bonchev–Trinajstić information content (AvgIpc) is 2.74. The summed E-state index contributed by atoms with van der Waals surface area (Å²) < 4.78 is 26.8. The van der Waals surface area contributed by atoms with Crippen LogP contribution in [0.3, 0.4) is 0 Å². The van der Waals surface area contributed by atoms with E-state index in [0.717, 1.165) is 0 Å². The molecule has 31 heavy (non-hydrogen) atoms. The van der Waals surface area contributed by atoms with E-state index in [-0.39, 0.29) is 16.4 Å². The molecule has 0 aliphatic carbocycles. The van der Waals surface area contributed by atoms with Crippen LogP contribution >= 0.6 is 11.6 Å².